The van der Waals surface area contributed by atoms with Crippen LogP contribution in [0, 0.1) is 11.8 Å². The fourth-order valence-electron chi connectivity index (χ4n) is 5.37. The van der Waals surface area contributed by atoms with Crippen LogP contribution in [-0.4, -0.2) is 0 Å². The van der Waals surface area contributed by atoms with Gasteiger partial charge in [-0.1, -0.05) is 51.2 Å². The molecular weight excluding hydrogens is 264 g/mol. The van der Waals surface area contributed by atoms with Gasteiger partial charge in [0, 0.05) is 5.92 Å². The van der Waals surface area contributed by atoms with Crippen LogP contribution in [0.1, 0.15) is 91.4 Å². The fourth-order valence-corrected chi connectivity index (χ4v) is 5.37. The van der Waals surface area contributed by atoms with Gasteiger partial charge in [-0.15, -0.1) is 0 Å². The molecule has 0 aromatic heterocycles. The van der Waals surface area contributed by atoms with Crippen molar-refractivity contribution < 1.29 is 0 Å². The van der Waals surface area contributed by atoms with E-state index in [1.165, 1.54) is 70.6 Å². The molecule has 0 N–H and O–H groups in total. The molecule has 0 bridgehead atoms. The third-order valence-corrected chi connectivity index (χ3v) is 6.31. The van der Waals surface area contributed by atoms with Crippen molar-refractivity contribution in [2.75, 3.05) is 0 Å². The Morgan fingerprint density at radius 1 is 0.955 bits per heavy atom. The van der Waals surface area contributed by atoms with Crippen LogP contribution in [0.5, 0.6) is 0 Å². The first-order valence-corrected chi connectivity index (χ1v) is 9.91. The van der Waals surface area contributed by atoms with Gasteiger partial charge in [-0.25, -0.2) is 0 Å². The second kappa shape index (κ2) is 7.20. The Kier molecular flexibility index (Phi) is 5.26. The fraction of sp³-hybridized carbons (Fsp3) is 0.727. The maximum absolute atomic E-state index is 2.59. The van der Waals surface area contributed by atoms with E-state index in [2.05, 4.69) is 26.8 Å². The third kappa shape index (κ3) is 2.86. The normalized spacial score (nSPS) is 27.0. The molecule has 0 nitrogen and oxygen atoms in total. The van der Waals surface area contributed by atoms with Crippen LogP contribution in [-0.2, 0) is 0 Å². The molecule has 3 aliphatic carbocycles. The number of hydrogen-bond acceptors (Lipinski definition) is 0. The average molecular weight is 299 g/mol. The van der Waals surface area contributed by atoms with E-state index >= 15 is 0 Å². The quantitative estimate of drug-likeness (QED) is 0.518. The molecule has 22 heavy (non-hydrogen) atoms. The van der Waals surface area contributed by atoms with Gasteiger partial charge in [0.05, 0.1) is 0 Å². The second-order valence-corrected chi connectivity index (χ2v) is 7.62. The largest absolute Gasteiger partial charge is 0.0804 e. The summed E-state index contributed by atoms with van der Waals surface area (Å²) in [5, 5.41) is 0. The van der Waals surface area contributed by atoms with Crippen molar-refractivity contribution in [3.63, 3.8) is 0 Å². The van der Waals surface area contributed by atoms with E-state index < -0.39 is 0 Å². The summed E-state index contributed by atoms with van der Waals surface area (Å²) in [6.45, 7) is 7.15. The van der Waals surface area contributed by atoms with E-state index in [0.29, 0.717) is 0 Å². The van der Waals surface area contributed by atoms with Crippen LogP contribution in [0.3, 0.4) is 0 Å². The van der Waals surface area contributed by atoms with E-state index in [9.17, 15) is 0 Å². The van der Waals surface area contributed by atoms with Gasteiger partial charge in [-0.05, 0) is 80.1 Å². The maximum Gasteiger partial charge on any atom is 0.00565 e. The summed E-state index contributed by atoms with van der Waals surface area (Å²) in [4.78, 5) is 0. The van der Waals surface area contributed by atoms with Crippen LogP contribution in [0.25, 0.3) is 0 Å². The molecule has 0 radical (unpaired) electrons. The lowest BCUT2D eigenvalue weighted by atomic mass is 9.64. The predicted molar refractivity (Wildman–Crippen MR) is 96.9 cm³/mol. The molecule has 0 spiro atoms. The first-order valence-electron chi connectivity index (χ1n) is 9.91. The van der Waals surface area contributed by atoms with Gasteiger partial charge in [-0.2, -0.15) is 0 Å². The van der Waals surface area contributed by atoms with Crippen LogP contribution in [0.15, 0.2) is 33.9 Å². The zero-order valence-corrected chi connectivity index (χ0v) is 15.0. The minimum atomic E-state index is 0.786. The third-order valence-electron chi connectivity index (χ3n) is 6.31. The molecule has 0 saturated heterocycles. The highest BCUT2D eigenvalue weighted by Crippen LogP contribution is 2.50. The summed E-state index contributed by atoms with van der Waals surface area (Å²) in [7, 11) is 0. The molecule has 1 saturated carbocycles. The summed E-state index contributed by atoms with van der Waals surface area (Å²) in [6, 6.07) is 0. The summed E-state index contributed by atoms with van der Waals surface area (Å²) in [5.41, 5.74) is 8.80. The second-order valence-electron chi connectivity index (χ2n) is 7.62. The summed E-state index contributed by atoms with van der Waals surface area (Å²) in [5.74, 6) is 1.69. The topological polar surface area (TPSA) is 0 Å². The molecule has 1 atom stereocenters. The zero-order chi connectivity index (χ0) is 15.5. The monoisotopic (exact) mass is 298 g/mol. The van der Waals surface area contributed by atoms with E-state index in [0.717, 1.165) is 11.8 Å². The minimum Gasteiger partial charge on any atom is -0.0804 e. The molecule has 122 valence electrons. The highest BCUT2D eigenvalue weighted by Gasteiger charge is 2.35. The van der Waals surface area contributed by atoms with Gasteiger partial charge < -0.3 is 0 Å². The SMILES string of the molecule is CCCC1=C(C2CCCCC2)C2CCCC=C2C(C)=C1CC. The van der Waals surface area contributed by atoms with E-state index in [1.807, 2.05) is 5.57 Å². The van der Waals surface area contributed by atoms with Gasteiger partial charge in [-0.3, -0.25) is 0 Å². The van der Waals surface area contributed by atoms with Crippen molar-refractivity contribution >= 4 is 0 Å². The lowest BCUT2D eigenvalue weighted by Gasteiger charge is -2.41. The minimum absolute atomic E-state index is 0.786. The molecule has 3 rings (SSSR count). The van der Waals surface area contributed by atoms with Crippen LogP contribution in [0.4, 0.5) is 0 Å². The number of hydrogen-bond donors (Lipinski definition) is 0. The first kappa shape index (κ1) is 16.1. The van der Waals surface area contributed by atoms with Crippen LogP contribution >= 0.6 is 0 Å². The smallest absolute Gasteiger partial charge is 0.00565 e. The van der Waals surface area contributed by atoms with E-state index in [1.54, 1.807) is 22.3 Å². The summed E-state index contributed by atoms with van der Waals surface area (Å²) in [6.07, 6.45) is 17.9. The molecule has 0 aromatic rings. The van der Waals surface area contributed by atoms with Gasteiger partial charge in [0.25, 0.3) is 0 Å². The summed E-state index contributed by atoms with van der Waals surface area (Å²) >= 11 is 0. The molecule has 0 amide bonds. The molecule has 1 unspecified atom stereocenters. The average Bonchev–Trinajstić information content (AvgIpc) is 2.57. The standard InChI is InChI=1S/C22H34/c1-4-11-20-18(5-2)16(3)19-14-9-10-15-21(19)22(20)17-12-7-6-8-13-17/h14,17,21H,4-13,15H2,1-3H3. The molecule has 0 heterocycles. The number of fused-ring (bicyclic) bond motifs is 1. The van der Waals surface area contributed by atoms with E-state index in [-0.39, 0.29) is 0 Å². The molecule has 0 heteroatoms. The first-order chi connectivity index (χ1) is 10.8. The highest BCUT2D eigenvalue weighted by molar-refractivity contribution is 5.55. The van der Waals surface area contributed by atoms with Gasteiger partial charge >= 0.3 is 0 Å². The van der Waals surface area contributed by atoms with Gasteiger partial charge in [0.2, 0.25) is 0 Å². The molecule has 0 aliphatic heterocycles. The molecular formula is C22H34. The maximum atomic E-state index is 2.59. The Morgan fingerprint density at radius 2 is 1.73 bits per heavy atom. The Labute approximate surface area is 137 Å². The van der Waals surface area contributed by atoms with Crippen molar-refractivity contribution in [2.45, 2.75) is 91.4 Å². The van der Waals surface area contributed by atoms with Crippen molar-refractivity contribution in [3.8, 4) is 0 Å². The summed E-state index contributed by atoms with van der Waals surface area (Å²) < 4.78 is 0. The number of allylic oxidation sites excluding steroid dienone is 6. The lowest BCUT2D eigenvalue weighted by molar-refractivity contribution is 0.365. The Morgan fingerprint density at radius 3 is 2.41 bits per heavy atom. The molecule has 0 aromatic carbocycles. The van der Waals surface area contributed by atoms with Crippen molar-refractivity contribution in [1.82, 2.24) is 0 Å². The van der Waals surface area contributed by atoms with Crippen LogP contribution < -0.4 is 0 Å². The van der Waals surface area contributed by atoms with Crippen LogP contribution in [0.2, 0.25) is 0 Å². The zero-order valence-electron chi connectivity index (χ0n) is 15.0. The van der Waals surface area contributed by atoms with Crippen molar-refractivity contribution in [3.05, 3.63) is 33.9 Å². The Balaban J connectivity index is 2.09. The Hall–Kier alpha value is -0.780. The van der Waals surface area contributed by atoms with Crippen molar-refractivity contribution in [2.24, 2.45) is 11.8 Å². The Bertz CT molecular complexity index is 494. The van der Waals surface area contributed by atoms with Gasteiger partial charge in [0.15, 0.2) is 0 Å². The van der Waals surface area contributed by atoms with Crippen molar-refractivity contribution in [1.29, 1.82) is 0 Å². The highest BCUT2D eigenvalue weighted by atomic mass is 14.4. The van der Waals surface area contributed by atoms with Gasteiger partial charge in [0.1, 0.15) is 0 Å². The predicted octanol–water partition coefficient (Wildman–Crippen LogP) is 7.13. The lowest BCUT2D eigenvalue weighted by Crippen LogP contribution is -2.26. The molecule has 1 fully saturated rings. The number of rotatable bonds is 4. The van der Waals surface area contributed by atoms with E-state index in [4.69, 9.17) is 0 Å². The molecule has 3 aliphatic rings.